The van der Waals surface area contributed by atoms with Gasteiger partial charge in [-0.05, 0) is 30.5 Å². The van der Waals surface area contributed by atoms with E-state index in [9.17, 15) is 9.18 Å². The molecular weight excluding hydrogens is 259 g/mol. The molecule has 5 heteroatoms. The van der Waals surface area contributed by atoms with Gasteiger partial charge >= 0.3 is 0 Å². The maximum atomic E-state index is 12.8. The molecule has 1 amide bonds. The van der Waals surface area contributed by atoms with Gasteiger partial charge in [0.05, 0.1) is 0 Å². The van der Waals surface area contributed by atoms with Crippen LogP contribution >= 0.6 is 0 Å². The number of carbonyl (C=O) groups is 1. The van der Waals surface area contributed by atoms with Crippen molar-refractivity contribution in [2.24, 2.45) is 5.73 Å². The molecule has 0 spiro atoms. The summed E-state index contributed by atoms with van der Waals surface area (Å²) in [7, 11) is 1.50. The Labute approximate surface area is 118 Å². The number of halogens is 1. The van der Waals surface area contributed by atoms with Crippen molar-refractivity contribution in [3.05, 3.63) is 47.8 Å². The van der Waals surface area contributed by atoms with E-state index in [2.05, 4.69) is 5.32 Å². The van der Waals surface area contributed by atoms with Crippen LogP contribution in [-0.4, -0.2) is 32.2 Å². The van der Waals surface area contributed by atoms with Gasteiger partial charge in [0.2, 0.25) is 5.91 Å². The fourth-order valence-corrected chi connectivity index (χ4v) is 1.76. The van der Waals surface area contributed by atoms with Crippen molar-refractivity contribution in [3.8, 4) is 0 Å². The molecule has 0 saturated carbocycles. The second kappa shape index (κ2) is 9.23. The van der Waals surface area contributed by atoms with Crippen molar-refractivity contribution in [3.63, 3.8) is 0 Å². The lowest BCUT2D eigenvalue weighted by Gasteiger charge is -2.14. The van der Waals surface area contributed by atoms with Gasteiger partial charge in [0.25, 0.3) is 0 Å². The highest BCUT2D eigenvalue weighted by molar-refractivity contribution is 5.80. The number of nitrogens with two attached hydrogens (primary N) is 1. The number of methoxy groups -OCH3 is 1. The van der Waals surface area contributed by atoms with E-state index in [0.717, 1.165) is 5.56 Å². The molecule has 1 unspecified atom stereocenters. The summed E-state index contributed by atoms with van der Waals surface area (Å²) in [5.74, 6) is -0.419. The number of aryl methyl sites for hydroxylation is 1. The zero-order chi connectivity index (χ0) is 14.8. The molecule has 1 rings (SSSR count). The molecule has 3 N–H and O–H groups in total. The molecule has 0 heterocycles. The second-order valence-corrected chi connectivity index (χ2v) is 4.34. The highest BCUT2D eigenvalue weighted by atomic mass is 19.1. The van der Waals surface area contributed by atoms with Crippen LogP contribution in [0.4, 0.5) is 4.39 Å². The number of rotatable bonds is 8. The lowest BCUT2D eigenvalue weighted by molar-refractivity contribution is -0.131. The van der Waals surface area contributed by atoms with Crippen LogP contribution in [0.5, 0.6) is 0 Å². The highest BCUT2D eigenvalue weighted by Gasteiger charge is 2.16. The first-order valence-corrected chi connectivity index (χ1v) is 6.57. The number of nitrogens with one attached hydrogen (secondary N) is 1. The third-order valence-electron chi connectivity index (χ3n) is 2.88. The molecule has 0 fully saturated rings. The van der Waals surface area contributed by atoms with Gasteiger partial charge in [0, 0.05) is 20.2 Å². The first-order chi connectivity index (χ1) is 9.67. The Bertz CT molecular complexity index is 432. The fourth-order valence-electron chi connectivity index (χ4n) is 1.76. The van der Waals surface area contributed by atoms with Gasteiger partial charge in [-0.15, -0.1) is 0 Å². The maximum absolute atomic E-state index is 12.8. The Balaban J connectivity index is 2.40. The summed E-state index contributed by atoms with van der Waals surface area (Å²) < 4.78 is 18.0. The molecule has 0 bridgehead atoms. The third kappa shape index (κ3) is 5.95. The topological polar surface area (TPSA) is 64.3 Å². The Hall–Kier alpha value is -1.72. The van der Waals surface area contributed by atoms with Crippen molar-refractivity contribution in [2.45, 2.75) is 18.9 Å². The average Bonchev–Trinajstić information content (AvgIpc) is 2.46. The van der Waals surface area contributed by atoms with Crippen molar-refractivity contribution in [1.29, 1.82) is 0 Å². The van der Waals surface area contributed by atoms with E-state index in [1.54, 1.807) is 24.3 Å². The van der Waals surface area contributed by atoms with E-state index in [4.69, 9.17) is 10.5 Å². The maximum Gasteiger partial charge on any atom is 0.249 e. The first kappa shape index (κ1) is 16.3. The predicted octanol–water partition coefficient (Wildman–Crippen LogP) is 1.40. The minimum atomic E-state index is -0.508. The molecule has 0 radical (unpaired) electrons. The number of benzene rings is 1. The van der Waals surface area contributed by atoms with Gasteiger partial charge in [-0.1, -0.05) is 24.3 Å². The minimum Gasteiger partial charge on any atom is -0.372 e. The van der Waals surface area contributed by atoms with Gasteiger partial charge < -0.3 is 15.8 Å². The fraction of sp³-hybridized carbons (Fsp3) is 0.400. The molecule has 1 aromatic carbocycles. The van der Waals surface area contributed by atoms with Crippen LogP contribution in [0.25, 0.3) is 0 Å². The minimum absolute atomic E-state index is 0.156. The number of hydrogen-bond acceptors (Lipinski definition) is 3. The van der Waals surface area contributed by atoms with E-state index >= 15 is 0 Å². The Kier molecular flexibility index (Phi) is 7.54. The standard InChI is InChI=1S/C15H21FN2O2/c1-20-14(15(19)18-11-3-2-10-17)9-6-12-4-7-13(16)8-5-12/h2-5,7-8,14H,6,9-11,17H2,1H3,(H,18,19)/b3-2+. The van der Waals surface area contributed by atoms with Crippen LogP contribution in [0.1, 0.15) is 12.0 Å². The lowest BCUT2D eigenvalue weighted by atomic mass is 10.1. The van der Waals surface area contributed by atoms with Gasteiger partial charge in [0.15, 0.2) is 0 Å². The Morgan fingerprint density at radius 2 is 2.10 bits per heavy atom. The lowest BCUT2D eigenvalue weighted by Crippen LogP contribution is -2.36. The average molecular weight is 280 g/mol. The summed E-state index contributed by atoms with van der Waals surface area (Å²) in [6.45, 7) is 0.889. The molecule has 0 aromatic heterocycles. The number of hydrogen-bond donors (Lipinski definition) is 2. The van der Waals surface area contributed by atoms with E-state index in [-0.39, 0.29) is 11.7 Å². The van der Waals surface area contributed by atoms with Crippen molar-refractivity contribution in [2.75, 3.05) is 20.2 Å². The van der Waals surface area contributed by atoms with Gasteiger partial charge in [-0.3, -0.25) is 4.79 Å². The third-order valence-corrected chi connectivity index (χ3v) is 2.88. The Morgan fingerprint density at radius 3 is 2.70 bits per heavy atom. The Morgan fingerprint density at radius 1 is 1.40 bits per heavy atom. The van der Waals surface area contributed by atoms with E-state index in [1.807, 2.05) is 0 Å². The number of ether oxygens (including phenoxy) is 1. The molecule has 1 atom stereocenters. The zero-order valence-corrected chi connectivity index (χ0v) is 11.6. The zero-order valence-electron chi connectivity index (χ0n) is 11.6. The molecule has 0 aliphatic rings. The monoisotopic (exact) mass is 280 g/mol. The summed E-state index contributed by atoms with van der Waals surface area (Å²) in [6.07, 6.45) is 4.27. The first-order valence-electron chi connectivity index (χ1n) is 6.57. The summed E-state index contributed by atoms with van der Waals surface area (Å²) in [5.41, 5.74) is 6.28. The van der Waals surface area contributed by atoms with Crippen LogP contribution in [0.2, 0.25) is 0 Å². The van der Waals surface area contributed by atoms with Gasteiger partial charge in [0.1, 0.15) is 11.9 Å². The molecule has 110 valence electrons. The quantitative estimate of drug-likeness (QED) is 0.708. The summed E-state index contributed by atoms with van der Waals surface area (Å²) >= 11 is 0. The van der Waals surface area contributed by atoms with Crippen LogP contribution in [0, 0.1) is 5.82 Å². The molecule has 20 heavy (non-hydrogen) atoms. The molecule has 1 aromatic rings. The van der Waals surface area contributed by atoms with E-state index in [1.165, 1.54) is 19.2 Å². The number of carbonyl (C=O) groups excluding carboxylic acids is 1. The molecular formula is C15H21FN2O2. The normalized spacial score (nSPS) is 12.6. The second-order valence-electron chi connectivity index (χ2n) is 4.34. The highest BCUT2D eigenvalue weighted by Crippen LogP contribution is 2.08. The van der Waals surface area contributed by atoms with Crippen molar-refractivity contribution in [1.82, 2.24) is 5.32 Å². The summed E-state index contributed by atoms with van der Waals surface area (Å²) in [5, 5.41) is 2.75. The van der Waals surface area contributed by atoms with Crippen LogP contribution in [0.15, 0.2) is 36.4 Å². The molecule has 0 aliphatic heterocycles. The smallest absolute Gasteiger partial charge is 0.249 e. The van der Waals surface area contributed by atoms with E-state index in [0.29, 0.717) is 25.9 Å². The summed E-state index contributed by atoms with van der Waals surface area (Å²) in [6, 6.07) is 6.25. The largest absolute Gasteiger partial charge is 0.372 e. The van der Waals surface area contributed by atoms with Crippen LogP contribution < -0.4 is 11.1 Å². The SMILES string of the molecule is COC(CCc1ccc(F)cc1)C(=O)NC/C=C/CN. The predicted molar refractivity (Wildman–Crippen MR) is 76.7 cm³/mol. The van der Waals surface area contributed by atoms with Crippen molar-refractivity contribution < 1.29 is 13.9 Å². The van der Waals surface area contributed by atoms with Gasteiger partial charge in [-0.25, -0.2) is 4.39 Å². The molecule has 0 aliphatic carbocycles. The van der Waals surface area contributed by atoms with Crippen LogP contribution in [0.3, 0.4) is 0 Å². The number of amides is 1. The summed E-state index contributed by atoms with van der Waals surface area (Å²) in [4.78, 5) is 11.9. The van der Waals surface area contributed by atoms with Crippen LogP contribution in [-0.2, 0) is 16.0 Å². The van der Waals surface area contributed by atoms with Crippen molar-refractivity contribution >= 4 is 5.91 Å². The molecule has 4 nitrogen and oxygen atoms in total. The van der Waals surface area contributed by atoms with E-state index < -0.39 is 6.10 Å². The molecule has 0 saturated heterocycles. The van der Waals surface area contributed by atoms with Gasteiger partial charge in [-0.2, -0.15) is 0 Å².